The molecule has 3 nitrogen and oxygen atoms in total. The second-order valence-electron chi connectivity index (χ2n) is 3.49. The fraction of sp³-hybridized carbons (Fsp3) is 1.00. The maximum atomic E-state index is 8.82. The van der Waals surface area contributed by atoms with Gasteiger partial charge in [0, 0.05) is 6.61 Å². The predicted octanol–water partition coefficient (Wildman–Crippen LogP) is 0.819. The first kappa shape index (κ1) is 8.97. The minimum absolute atomic E-state index is 0.198. The van der Waals surface area contributed by atoms with Crippen LogP contribution in [0.3, 0.4) is 0 Å². The van der Waals surface area contributed by atoms with Gasteiger partial charge in [0.2, 0.25) is 0 Å². The summed E-state index contributed by atoms with van der Waals surface area (Å²) >= 11 is 0. The standard InChI is InChI=1S/C8H17NO2/c9-11-7-8(5-6-10)3-1-2-4-8/h10H,1-7,9H2. The molecule has 1 saturated carbocycles. The smallest absolute Gasteiger partial charge is 0.0736 e. The molecule has 0 atom stereocenters. The molecular weight excluding hydrogens is 142 g/mol. The molecule has 1 aliphatic rings. The van der Waals surface area contributed by atoms with Gasteiger partial charge in [-0.05, 0) is 24.7 Å². The largest absolute Gasteiger partial charge is 0.396 e. The van der Waals surface area contributed by atoms with Crippen LogP contribution >= 0.6 is 0 Å². The molecule has 0 saturated heterocycles. The molecule has 0 unspecified atom stereocenters. The average Bonchev–Trinajstić information content (AvgIpc) is 2.39. The van der Waals surface area contributed by atoms with E-state index < -0.39 is 0 Å². The summed E-state index contributed by atoms with van der Waals surface area (Å²) in [6, 6.07) is 0. The van der Waals surface area contributed by atoms with E-state index in [1.54, 1.807) is 0 Å². The summed E-state index contributed by atoms with van der Waals surface area (Å²) in [5, 5.41) is 8.82. The molecule has 0 aromatic heterocycles. The van der Waals surface area contributed by atoms with Gasteiger partial charge in [-0.15, -0.1) is 0 Å². The van der Waals surface area contributed by atoms with Gasteiger partial charge in [0.25, 0.3) is 0 Å². The van der Waals surface area contributed by atoms with Crippen LogP contribution in [-0.2, 0) is 4.84 Å². The number of rotatable bonds is 4. The number of hydrogen-bond donors (Lipinski definition) is 2. The Labute approximate surface area is 67.5 Å². The summed E-state index contributed by atoms with van der Waals surface area (Å²) in [5.74, 6) is 5.04. The van der Waals surface area contributed by atoms with Crippen molar-refractivity contribution in [3.63, 3.8) is 0 Å². The Hall–Kier alpha value is -0.120. The molecule has 0 spiro atoms. The predicted molar refractivity (Wildman–Crippen MR) is 42.7 cm³/mol. The van der Waals surface area contributed by atoms with Crippen LogP contribution in [0.5, 0.6) is 0 Å². The van der Waals surface area contributed by atoms with E-state index >= 15 is 0 Å². The molecule has 1 aliphatic carbocycles. The lowest BCUT2D eigenvalue weighted by Crippen LogP contribution is -2.26. The minimum atomic E-state index is 0.198. The van der Waals surface area contributed by atoms with Crippen LogP contribution < -0.4 is 5.90 Å². The van der Waals surface area contributed by atoms with E-state index in [0.717, 1.165) is 19.3 Å². The number of aliphatic hydroxyl groups is 1. The number of nitrogens with two attached hydrogens (primary N) is 1. The molecule has 3 heteroatoms. The van der Waals surface area contributed by atoms with Crippen molar-refractivity contribution in [1.29, 1.82) is 0 Å². The highest BCUT2D eigenvalue weighted by molar-refractivity contribution is 4.83. The molecule has 66 valence electrons. The SMILES string of the molecule is NOCC1(CCO)CCCC1. The lowest BCUT2D eigenvalue weighted by molar-refractivity contribution is 0.0307. The maximum Gasteiger partial charge on any atom is 0.0736 e. The molecule has 3 N–H and O–H groups in total. The fourth-order valence-electron chi connectivity index (χ4n) is 2.01. The topological polar surface area (TPSA) is 55.5 Å². The lowest BCUT2D eigenvalue weighted by Gasteiger charge is -2.26. The van der Waals surface area contributed by atoms with E-state index in [1.807, 2.05) is 0 Å². The van der Waals surface area contributed by atoms with Gasteiger partial charge in [0.1, 0.15) is 0 Å². The number of aliphatic hydroxyl groups excluding tert-OH is 1. The van der Waals surface area contributed by atoms with Crippen molar-refractivity contribution in [1.82, 2.24) is 0 Å². The fourth-order valence-corrected chi connectivity index (χ4v) is 2.01. The monoisotopic (exact) mass is 159 g/mol. The van der Waals surface area contributed by atoms with Crippen molar-refractivity contribution in [3.8, 4) is 0 Å². The van der Waals surface area contributed by atoms with Gasteiger partial charge in [0.15, 0.2) is 0 Å². The van der Waals surface area contributed by atoms with Gasteiger partial charge in [0.05, 0.1) is 6.61 Å². The zero-order valence-electron chi connectivity index (χ0n) is 6.88. The second-order valence-corrected chi connectivity index (χ2v) is 3.49. The van der Waals surface area contributed by atoms with Gasteiger partial charge in [-0.25, -0.2) is 5.90 Å². The Balaban J connectivity index is 2.40. The van der Waals surface area contributed by atoms with Crippen molar-refractivity contribution < 1.29 is 9.94 Å². The second kappa shape index (κ2) is 4.04. The summed E-state index contributed by atoms with van der Waals surface area (Å²) in [7, 11) is 0. The molecule has 0 radical (unpaired) electrons. The highest BCUT2D eigenvalue weighted by Crippen LogP contribution is 2.40. The summed E-state index contributed by atoms with van der Waals surface area (Å²) in [6.07, 6.45) is 5.66. The first-order chi connectivity index (χ1) is 5.33. The van der Waals surface area contributed by atoms with Gasteiger partial charge in [-0.3, -0.25) is 0 Å². The van der Waals surface area contributed by atoms with Crippen LogP contribution in [0.2, 0.25) is 0 Å². The van der Waals surface area contributed by atoms with E-state index in [4.69, 9.17) is 11.0 Å². The normalized spacial score (nSPS) is 22.4. The minimum Gasteiger partial charge on any atom is -0.396 e. The summed E-state index contributed by atoms with van der Waals surface area (Å²) in [6.45, 7) is 0.858. The van der Waals surface area contributed by atoms with Crippen molar-refractivity contribution in [2.45, 2.75) is 32.1 Å². The maximum absolute atomic E-state index is 8.82. The van der Waals surface area contributed by atoms with E-state index in [0.29, 0.717) is 6.61 Å². The van der Waals surface area contributed by atoms with Crippen LogP contribution in [0, 0.1) is 5.41 Å². The number of hydrogen-bond acceptors (Lipinski definition) is 3. The molecule has 0 aliphatic heterocycles. The van der Waals surface area contributed by atoms with Crippen LogP contribution in [-0.4, -0.2) is 18.3 Å². The molecular formula is C8H17NO2. The zero-order chi connectivity index (χ0) is 8.16. The first-order valence-electron chi connectivity index (χ1n) is 4.25. The van der Waals surface area contributed by atoms with Crippen LogP contribution in [0.25, 0.3) is 0 Å². The molecule has 0 aromatic rings. The molecule has 0 bridgehead atoms. The van der Waals surface area contributed by atoms with E-state index in [9.17, 15) is 0 Å². The van der Waals surface area contributed by atoms with E-state index in [-0.39, 0.29) is 12.0 Å². The van der Waals surface area contributed by atoms with Gasteiger partial charge < -0.3 is 9.94 Å². The zero-order valence-corrected chi connectivity index (χ0v) is 6.88. The Bertz CT molecular complexity index is 103. The Kier molecular flexibility index (Phi) is 3.30. The van der Waals surface area contributed by atoms with Crippen molar-refractivity contribution in [2.75, 3.05) is 13.2 Å². The van der Waals surface area contributed by atoms with Gasteiger partial charge >= 0.3 is 0 Å². The molecule has 0 heterocycles. The Morgan fingerprint density at radius 1 is 1.36 bits per heavy atom. The van der Waals surface area contributed by atoms with Crippen molar-refractivity contribution >= 4 is 0 Å². The van der Waals surface area contributed by atoms with Crippen molar-refractivity contribution in [2.24, 2.45) is 11.3 Å². The summed E-state index contributed by atoms with van der Waals surface area (Å²) in [5.41, 5.74) is 0.198. The van der Waals surface area contributed by atoms with Gasteiger partial charge in [-0.1, -0.05) is 12.8 Å². The Morgan fingerprint density at radius 2 is 2.00 bits per heavy atom. The Morgan fingerprint density at radius 3 is 2.45 bits per heavy atom. The highest BCUT2D eigenvalue weighted by Gasteiger charge is 2.33. The third kappa shape index (κ3) is 2.15. The lowest BCUT2D eigenvalue weighted by atomic mass is 9.84. The molecule has 0 aromatic carbocycles. The summed E-state index contributed by atoms with van der Waals surface area (Å²) < 4.78 is 0. The highest BCUT2D eigenvalue weighted by atomic mass is 16.6. The quantitative estimate of drug-likeness (QED) is 0.597. The third-order valence-electron chi connectivity index (χ3n) is 2.70. The molecule has 11 heavy (non-hydrogen) atoms. The van der Waals surface area contributed by atoms with E-state index in [1.165, 1.54) is 12.8 Å². The summed E-state index contributed by atoms with van der Waals surface area (Å²) in [4.78, 5) is 4.67. The van der Waals surface area contributed by atoms with E-state index in [2.05, 4.69) is 4.84 Å². The van der Waals surface area contributed by atoms with Crippen LogP contribution in [0.4, 0.5) is 0 Å². The average molecular weight is 159 g/mol. The van der Waals surface area contributed by atoms with Crippen LogP contribution in [0.1, 0.15) is 32.1 Å². The molecule has 1 fully saturated rings. The van der Waals surface area contributed by atoms with Crippen LogP contribution in [0.15, 0.2) is 0 Å². The molecule has 0 amide bonds. The molecule has 1 rings (SSSR count). The van der Waals surface area contributed by atoms with Gasteiger partial charge in [-0.2, -0.15) is 0 Å². The van der Waals surface area contributed by atoms with Crippen molar-refractivity contribution in [3.05, 3.63) is 0 Å². The third-order valence-corrected chi connectivity index (χ3v) is 2.70. The first-order valence-corrected chi connectivity index (χ1v) is 4.25.